The summed E-state index contributed by atoms with van der Waals surface area (Å²) in [5, 5.41) is 15.5. The minimum atomic E-state index is -3.77. The average Bonchev–Trinajstić information content (AvgIpc) is 2.70. The van der Waals surface area contributed by atoms with Gasteiger partial charge in [0.25, 0.3) is 10.0 Å². The molecule has 3 N–H and O–H groups in total. The van der Waals surface area contributed by atoms with Crippen LogP contribution in [0.4, 0.5) is 5.69 Å². The minimum Gasteiger partial charge on any atom is -0.390 e. The summed E-state index contributed by atoms with van der Waals surface area (Å²) in [4.78, 5) is -0.00568. The van der Waals surface area contributed by atoms with E-state index in [0.29, 0.717) is 11.4 Å². The van der Waals surface area contributed by atoms with Crippen molar-refractivity contribution in [1.82, 2.24) is 10.2 Å². The van der Waals surface area contributed by atoms with Crippen molar-refractivity contribution in [3.63, 3.8) is 0 Å². The number of nitrogens with zero attached hydrogens (tertiary/aromatic N) is 1. The van der Waals surface area contributed by atoms with Gasteiger partial charge in [0.15, 0.2) is 0 Å². The van der Waals surface area contributed by atoms with Crippen LogP contribution in [0.3, 0.4) is 0 Å². The molecular formula is C11H12IN3O3S. The van der Waals surface area contributed by atoms with Gasteiger partial charge in [-0.2, -0.15) is 5.10 Å². The van der Waals surface area contributed by atoms with Crippen LogP contribution in [-0.2, 0) is 16.6 Å². The number of aliphatic hydroxyl groups excluding tert-OH is 1. The summed E-state index contributed by atoms with van der Waals surface area (Å²) in [5.74, 6) is 0. The lowest BCUT2D eigenvalue weighted by Gasteiger charge is -2.08. The van der Waals surface area contributed by atoms with Gasteiger partial charge < -0.3 is 5.11 Å². The Morgan fingerprint density at radius 2 is 2.21 bits per heavy atom. The van der Waals surface area contributed by atoms with E-state index in [4.69, 9.17) is 5.11 Å². The molecule has 19 heavy (non-hydrogen) atoms. The average molecular weight is 393 g/mol. The molecule has 0 saturated carbocycles. The molecule has 0 atom stereocenters. The number of H-pyrrole nitrogens is 1. The Morgan fingerprint density at radius 3 is 2.84 bits per heavy atom. The molecule has 6 nitrogen and oxygen atoms in total. The maximum Gasteiger partial charge on any atom is 0.265 e. The molecule has 2 rings (SSSR count). The first-order valence-electron chi connectivity index (χ1n) is 5.37. The maximum atomic E-state index is 12.3. The van der Waals surface area contributed by atoms with E-state index in [2.05, 4.69) is 37.5 Å². The molecule has 0 aliphatic heterocycles. The van der Waals surface area contributed by atoms with Crippen molar-refractivity contribution in [2.75, 3.05) is 4.72 Å². The summed E-state index contributed by atoms with van der Waals surface area (Å²) >= 11 is 2.10. The van der Waals surface area contributed by atoms with Gasteiger partial charge in [-0.1, -0.05) is 6.07 Å². The zero-order chi connectivity index (χ0) is 14.0. The number of halogens is 1. The van der Waals surface area contributed by atoms with Crippen LogP contribution in [0.1, 0.15) is 11.4 Å². The summed E-state index contributed by atoms with van der Waals surface area (Å²) < 4.78 is 28.0. The lowest BCUT2D eigenvalue weighted by atomic mass is 10.3. The van der Waals surface area contributed by atoms with Crippen molar-refractivity contribution in [2.45, 2.75) is 18.4 Å². The fourth-order valence-corrected chi connectivity index (χ4v) is 3.64. The predicted molar refractivity (Wildman–Crippen MR) is 79.2 cm³/mol. The molecule has 0 saturated heterocycles. The molecule has 1 aromatic carbocycles. The van der Waals surface area contributed by atoms with Gasteiger partial charge in [0.05, 0.1) is 12.3 Å². The second kappa shape index (κ2) is 5.47. The number of aromatic nitrogens is 2. The van der Waals surface area contributed by atoms with Crippen LogP contribution in [0.15, 0.2) is 29.2 Å². The van der Waals surface area contributed by atoms with E-state index >= 15 is 0 Å². The van der Waals surface area contributed by atoms with Crippen molar-refractivity contribution >= 4 is 38.3 Å². The molecule has 0 spiro atoms. The van der Waals surface area contributed by atoms with Gasteiger partial charge in [-0.3, -0.25) is 9.82 Å². The summed E-state index contributed by atoms with van der Waals surface area (Å²) in [6.45, 7) is 1.16. The topological polar surface area (TPSA) is 95.1 Å². The highest BCUT2D eigenvalue weighted by Gasteiger charge is 2.24. The number of aromatic amines is 1. The fraction of sp³-hybridized carbons (Fsp3) is 0.182. The van der Waals surface area contributed by atoms with Crippen molar-refractivity contribution in [3.05, 3.63) is 39.2 Å². The van der Waals surface area contributed by atoms with Gasteiger partial charge in [-0.15, -0.1) is 0 Å². The van der Waals surface area contributed by atoms with Gasteiger partial charge in [-0.25, -0.2) is 8.42 Å². The van der Waals surface area contributed by atoms with Gasteiger partial charge in [0.1, 0.15) is 10.6 Å². The lowest BCUT2D eigenvalue weighted by Crippen LogP contribution is -2.15. The number of rotatable bonds is 4. The van der Waals surface area contributed by atoms with Crippen molar-refractivity contribution in [3.8, 4) is 0 Å². The quantitative estimate of drug-likeness (QED) is 0.688. The minimum absolute atomic E-state index is 0.00568. The standard InChI is InChI=1S/C11H12IN3O3S/c1-7-11(10(6-16)14-13-7)19(17,18)15-9-4-2-3-8(12)5-9/h2-5,15-16H,6H2,1H3,(H,13,14). The van der Waals surface area contributed by atoms with Crippen LogP contribution in [0.2, 0.25) is 0 Å². The highest BCUT2D eigenvalue weighted by Crippen LogP contribution is 2.22. The molecule has 1 heterocycles. The van der Waals surface area contributed by atoms with Gasteiger partial charge >= 0.3 is 0 Å². The smallest absolute Gasteiger partial charge is 0.265 e. The predicted octanol–water partition coefficient (Wildman–Crippen LogP) is 1.62. The highest BCUT2D eigenvalue weighted by atomic mass is 127. The summed E-state index contributed by atoms with van der Waals surface area (Å²) in [7, 11) is -3.77. The third kappa shape index (κ3) is 3.07. The van der Waals surface area contributed by atoms with E-state index < -0.39 is 16.6 Å². The van der Waals surface area contributed by atoms with Gasteiger partial charge in [0.2, 0.25) is 0 Å². The Labute approximate surface area is 124 Å². The van der Waals surface area contributed by atoms with Gasteiger partial charge in [-0.05, 0) is 47.7 Å². The van der Waals surface area contributed by atoms with E-state index in [0.717, 1.165) is 3.57 Å². The first kappa shape index (κ1) is 14.3. The number of anilines is 1. The molecule has 102 valence electrons. The Bertz CT molecular complexity index is 697. The Hall–Kier alpha value is -1.13. The number of nitrogens with one attached hydrogen (secondary N) is 2. The maximum absolute atomic E-state index is 12.3. The van der Waals surface area contributed by atoms with Crippen molar-refractivity contribution < 1.29 is 13.5 Å². The van der Waals surface area contributed by atoms with Crippen molar-refractivity contribution in [1.29, 1.82) is 0 Å². The summed E-state index contributed by atoms with van der Waals surface area (Å²) in [5.41, 5.74) is 0.967. The molecule has 0 unspecified atom stereocenters. The highest BCUT2D eigenvalue weighted by molar-refractivity contribution is 14.1. The van der Waals surface area contributed by atoms with Crippen LogP contribution in [0.25, 0.3) is 0 Å². The Balaban J connectivity index is 2.40. The van der Waals surface area contributed by atoms with E-state index in [9.17, 15) is 8.42 Å². The van der Waals surface area contributed by atoms with Crippen LogP contribution in [0, 0.1) is 10.5 Å². The molecular weight excluding hydrogens is 381 g/mol. The van der Waals surface area contributed by atoms with Crippen LogP contribution in [-0.4, -0.2) is 23.7 Å². The zero-order valence-electron chi connectivity index (χ0n) is 10.0. The molecule has 0 bridgehead atoms. The van der Waals surface area contributed by atoms with E-state index in [-0.39, 0.29) is 10.6 Å². The van der Waals surface area contributed by atoms with Crippen molar-refractivity contribution in [2.24, 2.45) is 0 Å². The van der Waals surface area contributed by atoms with Gasteiger partial charge in [0, 0.05) is 9.26 Å². The number of aliphatic hydroxyl groups is 1. The monoisotopic (exact) mass is 393 g/mol. The molecule has 0 amide bonds. The van der Waals surface area contributed by atoms with E-state index in [1.165, 1.54) is 0 Å². The molecule has 2 aromatic rings. The molecule has 0 fully saturated rings. The molecule has 0 radical (unpaired) electrons. The largest absolute Gasteiger partial charge is 0.390 e. The summed E-state index contributed by atoms with van der Waals surface area (Å²) in [6, 6.07) is 7.00. The fourth-order valence-electron chi connectivity index (χ4n) is 1.69. The number of benzene rings is 1. The van der Waals surface area contributed by atoms with E-state index in [1.807, 2.05) is 6.07 Å². The Morgan fingerprint density at radius 1 is 1.47 bits per heavy atom. The lowest BCUT2D eigenvalue weighted by molar-refractivity contribution is 0.273. The number of sulfonamides is 1. The third-order valence-corrected chi connectivity index (χ3v) is 4.71. The van der Waals surface area contributed by atoms with E-state index in [1.54, 1.807) is 25.1 Å². The molecule has 0 aliphatic carbocycles. The number of aryl methyl sites for hydroxylation is 1. The van der Waals surface area contributed by atoms with Crippen LogP contribution < -0.4 is 4.72 Å². The third-order valence-electron chi connectivity index (χ3n) is 2.46. The van der Waals surface area contributed by atoms with Crippen LogP contribution >= 0.6 is 22.6 Å². The Kier molecular flexibility index (Phi) is 4.11. The molecule has 0 aliphatic rings. The van der Waals surface area contributed by atoms with Crippen LogP contribution in [0.5, 0.6) is 0 Å². The number of hydrogen-bond acceptors (Lipinski definition) is 4. The number of hydrogen-bond donors (Lipinski definition) is 3. The SMILES string of the molecule is Cc1[nH]nc(CO)c1S(=O)(=O)Nc1cccc(I)c1. The molecule has 8 heteroatoms. The second-order valence-electron chi connectivity index (χ2n) is 3.90. The first-order valence-corrected chi connectivity index (χ1v) is 7.93. The second-order valence-corrected chi connectivity index (χ2v) is 6.76. The molecule has 1 aromatic heterocycles. The normalized spacial score (nSPS) is 11.5. The summed E-state index contributed by atoms with van der Waals surface area (Å²) in [6.07, 6.45) is 0. The zero-order valence-corrected chi connectivity index (χ0v) is 13.0. The first-order chi connectivity index (χ1) is 8.94.